The lowest BCUT2D eigenvalue weighted by molar-refractivity contribution is 0.101. The highest BCUT2D eigenvalue weighted by atomic mass is 32.2. The number of aromatic nitrogens is 3. The number of pyridine rings is 2. The van der Waals surface area contributed by atoms with Gasteiger partial charge < -0.3 is 5.32 Å². The molecule has 0 saturated carbocycles. The Balaban J connectivity index is 1.60. The molecule has 3 aromatic rings. The number of nitrogens with one attached hydrogen (secondary N) is 1. The van der Waals surface area contributed by atoms with Crippen molar-refractivity contribution in [2.24, 2.45) is 0 Å². The van der Waals surface area contributed by atoms with Gasteiger partial charge in [-0.2, -0.15) is 0 Å². The Hall–Kier alpha value is -2.78. The zero-order valence-corrected chi connectivity index (χ0v) is 16.3. The maximum atomic E-state index is 12.8. The van der Waals surface area contributed by atoms with Gasteiger partial charge in [0.05, 0.1) is 22.7 Å². The van der Waals surface area contributed by atoms with Crippen LogP contribution in [0.3, 0.4) is 0 Å². The average Bonchev–Trinajstić information content (AvgIpc) is 3.02. The molecule has 0 atom stereocenters. The number of hydrogen-bond acceptors (Lipinski definition) is 6. The molecule has 0 radical (unpaired) electrons. The van der Waals surface area contributed by atoms with E-state index in [-0.39, 0.29) is 23.2 Å². The zero-order chi connectivity index (χ0) is 19.7. The second-order valence-electron chi connectivity index (χ2n) is 6.94. The van der Waals surface area contributed by atoms with Gasteiger partial charge in [0.15, 0.2) is 9.84 Å². The highest BCUT2D eigenvalue weighted by Gasteiger charge is 2.24. The predicted molar refractivity (Wildman–Crippen MR) is 106 cm³/mol. The third-order valence-corrected chi connectivity index (χ3v) is 6.40. The fourth-order valence-electron chi connectivity index (χ4n) is 3.28. The van der Waals surface area contributed by atoms with Crippen molar-refractivity contribution >= 4 is 27.1 Å². The van der Waals surface area contributed by atoms with E-state index in [2.05, 4.69) is 20.2 Å². The number of carbonyl (C=O) groups is 1. The van der Waals surface area contributed by atoms with E-state index in [9.17, 15) is 13.2 Å². The SMILES string of the molecule is Cc1ccnc(NC(=O)c2nc(CN3CCS(=O)(=O)CC3)c3ccccn23)c1. The first kappa shape index (κ1) is 18.6. The van der Waals surface area contributed by atoms with E-state index in [1.54, 1.807) is 22.9 Å². The summed E-state index contributed by atoms with van der Waals surface area (Å²) in [5.74, 6) is 0.724. The molecule has 0 spiro atoms. The highest BCUT2D eigenvalue weighted by Crippen LogP contribution is 2.18. The third kappa shape index (κ3) is 3.90. The topological polar surface area (TPSA) is 96.7 Å². The van der Waals surface area contributed by atoms with Crippen molar-refractivity contribution in [3.8, 4) is 0 Å². The lowest BCUT2D eigenvalue weighted by Crippen LogP contribution is -2.39. The van der Waals surface area contributed by atoms with Crippen LogP contribution >= 0.6 is 0 Å². The van der Waals surface area contributed by atoms with Crippen LogP contribution in [0.1, 0.15) is 21.9 Å². The molecule has 9 heteroatoms. The Morgan fingerprint density at radius 2 is 2.00 bits per heavy atom. The number of anilines is 1. The quantitative estimate of drug-likeness (QED) is 0.715. The molecule has 1 N–H and O–H groups in total. The van der Waals surface area contributed by atoms with Gasteiger partial charge in [0.2, 0.25) is 5.82 Å². The average molecular weight is 399 g/mol. The Morgan fingerprint density at radius 3 is 2.75 bits per heavy atom. The summed E-state index contributed by atoms with van der Waals surface area (Å²) in [5, 5.41) is 2.79. The molecule has 0 unspecified atom stereocenters. The molecule has 4 rings (SSSR count). The van der Waals surface area contributed by atoms with Gasteiger partial charge >= 0.3 is 0 Å². The number of hydrogen-bond donors (Lipinski definition) is 1. The summed E-state index contributed by atoms with van der Waals surface area (Å²) in [6, 6.07) is 9.30. The maximum absolute atomic E-state index is 12.8. The molecule has 1 aliphatic rings. The van der Waals surface area contributed by atoms with Crippen molar-refractivity contribution in [1.29, 1.82) is 0 Å². The molecular weight excluding hydrogens is 378 g/mol. The van der Waals surface area contributed by atoms with Crippen LogP contribution in [-0.2, 0) is 16.4 Å². The summed E-state index contributed by atoms with van der Waals surface area (Å²) in [6.07, 6.45) is 3.44. The summed E-state index contributed by atoms with van der Waals surface area (Å²) in [7, 11) is -2.94. The van der Waals surface area contributed by atoms with Gasteiger partial charge in [0.1, 0.15) is 5.82 Å². The molecule has 3 aromatic heterocycles. The Morgan fingerprint density at radius 1 is 1.21 bits per heavy atom. The van der Waals surface area contributed by atoms with E-state index in [1.165, 1.54) is 0 Å². The van der Waals surface area contributed by atoms with Crippen molar-refractivity contribution in [3.05, 3.63) is 59.8 Å². The number of fused-ring (bicyclic) bond motifs is 1. The predicted octanol–water partition coefficient (Wildman–Crippen LogP) is 1.52. The minimum atomic E-state index is -2.94. The van der Waals surface area contributed by atoms with Gasteiger partial charge in [0.25, 0.3) is 5.91 Å². The molecule has 0 bridgehead atoms. The van der Waals surface area contributed by atoms with E-state index in [1.807, 2.05) is 31.2 Å². The summed E-state index contributed by atoms with van der Waals surface area (Å²) in [5.41, 5.74) is 2.58. The second-order valence-corrected chi connectivity index (χ2v) is 9.24. The normalized spacial score (nSPS) is 16.9. The van der Waals surface area contributed by atoms with E-state index >= 15 is 0 Å². The lowest BCUT2D eigenvalue weighted by Gasteiger charge is -2.25. The number of nitrogens with zero attached hydrogens (tertiary/aromatic N) is 4. The van der Waals surface area contributed by atoms with Gasteiger partial charge in [-0.15, -0.1) is 0 Å². The molecule has 1 fully saturated rings. The standard InChI is InChI=1S/C19H21N5O3S/c1-14-5-6-20-17(12-14)22-19(25)18-21-15(16-4-2-3-7-24(16)18)13-23-8-10-28(26,27)11-9-23/h2-7,12H,8-11,13H2,1H3,(H,20,22,25). The summed E-state index contributed by atoms with van der Waals surface area (Å²) in [6.45, 7) is 3.38. The van der Waals surface area contributed by atoms with Crippen LogP contribution in [0.2, 0.25) is 0 Å². The largest absolute Gasteiger partial charge is 0.304 e. The first-order chi connectivity index (χ1) is 13.4. The fraction of sp³-hybridized carbons (Fsp3) is 0.316. The van der Waals surface area contributed by atoms with Crippen LogP contribution in [0, 0.1) is 6.92 Å². The van der Waals surface area contributed by atoms with Crippen LogP contribution < -0.4 is 5.32 Å². The summed E-state index contributed by atoms with van der Waals surface area (Å²) in [4.78, 5) is 23.6. The Bertz CT molecular complexity index is 1130. The number of sulfone groups is 1. The van der Waals surface area contributed by atoms with Crippen LogP contribution in [0.25, 0.3) is 5.52 Å². The smallest absolute Gasteiger partial charge is 0.293 e. The van der Waals surface area contributed by atoms with Crippen LogP contribution in [0.15, 0.2) is 42.7 Å². The lowest BCUT2D eigenvalue weighted by atomic mass is 10.3. The fourth-order valence-corrected chi connectivity index (χ4v) is 4.55. The van der Waals surface area contributed by atoms with E-state index < -0.39 is 9.84 Å². The molecule has 4 heterocycles. The molecular formula is C19H21N5O3S. The second kappa shape index (κ2) is 7.33. The molecule has 0 aromatic carbocycles. The molecule has 0 aliphatic carbocycles. The molecule has 146 valence electrons. The summed E-state index contributed by atoms with van der Waals surface area (Å²) >= 11 is 0. The van der Waals surface area contributed by atoms with E-state index in [4.69, 9.17) is 0 Å². The monoisotopic (exact) mass is 399 g/mol. The molecule has 1 saturated heterocycles. The van der Waals surface area contributed by atoms with Gasteiger partial charge in [-0.3, -0.25) is 14.1 Å². The van der Waals surface area contributed by atoms with Gasteiger partial charge in [-0.25, -0.2) is 18.4 Å². The minimum absolute atomic E-state index is 0.158. The Kier molecular flexibility index (Phi) is 4.86. The van der Waals surface area contributed by atoms with Crippen molar-refractivity contribution in [3.63, 3.8) is 0 Å². The number of carbonyl (C=O) groups excluding carboxylic acids is 1. The number of rotatable bonds is 4. The van der Waals surface area contributed by atoms with Crippen LogP contribution in [0.5, 0.6) is 0 Å². The highest BCUT2D eigenvalue weighted by molar-refractivity contribution is 7.91. The van der Waals surface area contributed by atoms with Crippen molar-refractivity contribution in [1.82, 2.24) is 19.3 Å². The molecule has 1 aliphatic heterocycles. The zero-order valence-electron chi connectivity index (χ0n) is 15.5. The van der Waals surface area contributed by atoms with Gasteiger partial charge in [-0.1, -0.05) is 6.07 Å². The summed E-state index contributed by atoms with van der Waals surface area (Å²) < 4.78 is 25.0. The molecule has 1 amide bonds. The number of aryl methyl sites for hydroxylation is 1. The minimum Gasteiger partial charge on any atom is -0.304 e. The van der Waals surface area contributed by atoms with Crippen molar-refractivity contribution < 1.29 is 13.2 Å². The van der Waals surface area contributed by atoms with E-state index in [0.29, 0.717) is 25.5 Å². The van der Waals surface area contributed by atoms with E-state index in [0.717, 1.165) is 16.8 Å². The van der Waals surface area contributed by atoms with Crippen molar-refractivity contribution in [2.45, 2.75) is 13.5 Å². The van der Waals surface area contributed by atoms with Gasteiger partial charge in [0, 0.05) is 32.0 Å². The molecule has 8 nitrogen and oxygen atoms in total. The first-order valence-electron chi connectivity index (χ1n) is 9.04. The number of imidazole rings is 1. The number of amides is 1. The van der Waals surface area contributed by atoms with Crippen molar-refractivity contribution in [2.75, 3.05) is 29.9 Å². The van der Waals surface area contributed by atoms with Crippen LogP contribution in [0.4, 0.5) is 5.82 Å². The van der Waals surface area contributed by atoms with Crippen LogP contribution in [-0.4, -0.2) is 58.2 Å². The van der Waals surface area contributed by atoms with Gasteiger partial charge in [-0.05, 0) is 36.8 Å². The third-order valence-electron chi connectivity index (χ3n) is 4.80. The first-order valence-corrected chi connectivity index (χ1v) is 10.9. The molecule has 28 heavy (non-hydrogen) atoms. The maximum Gasteiger partial charge on any atom is 0.293 e. The Labute approximate surface area is 163 Å².